The second-order valence-corrected chi connectivity index (χ2v) is 5.03. The number of nitrogens with one attached hydrogen (secondary N) is 1. The van der Waals surface area contributed by atoms with Crippen molar-refractivity contribution in [3.05, 3.63) is 35.9 Å². The minimum absolute atomic E-state index is 0.0617. The molecule has 0 fully saturated rings. The highest BCUT2D eigenvalue weighted by Gasteiger charge is 2.17. The maximum absolute atomic E-state index is 11.5. The van der Waals surface area contributed by atoms with E-state index >= 15 is 0 Å². The van der Waals surface area contributed by atoms with Gasteiger partial charge in [-0.2, -0.15) is 0 Å². The maximum atomic E-state index is 11.5. The van der Waals surface area contributed by atoms with Crippen LogP contribution in [0, 0.1) is 5.41 Å². The Hall–Kier alpha value is -1.64. The number of hydrogen-bond acceptors (Lipinski definition) is 3. The summed E-state index contributed by atoms with van der Waals surface area (Å²) in [4.78, 5) is 11.5. The van der Waals surface area contributed by atoms with E-state index in [-0.39, 0.29) is 12.4 Å². The molecule has 0 saturated heterocycles. The highest BCUT2D eigenvalue weighted by Crippen LogP contribution is 2.09. The molecule has 3 nitrogen and oxygen atoms in total. The fourth-order valence-electron chi connectivity index (χ4n) is 1.46. The number of rotatable bonds is 4. The van der Waals surface area contributed by atoms with Gasteiger partial charge in [0.2, 0.25) is 0 Å². The second-order valence-electron chi connectivity index (χ2n) is 5.03. The summed E-state index contributed by atoms with van der Waals surface area (Å²) in [6.45, 7) is 5.48. The first-order chi connectivity index (χ1) is 7.87. The highest BCUT2D eigenvalue weighted by atomic mass is 16.6. The molecule has 0 radical (unpaired) electrons. The molecule has 0 bridgehead atoms. The Balaban J connectivity index is 2.43. The van der Waals surface area contributed by atoms with E-state index in [1.54, 1.807) is 0 Å². The summed E-state index contributed by atoms with van der Waals surface area (Å²) in [5, 5.41) is 7.76. The molecule has 0 saturated carbocycles. The predicted molar refractivity (Wildman–Crippen MR) is 68.3 cm³/mol. The first-order valence-corrected chi connectivity index (χ1v) is 5.69. The molecule has 0 heterocycles. The van der Waals surface area contributed by atoms with Crippen LogP contribution < -0.4 is 0 Å². The number of benzene rings is 1. The van der Waals surface area contributed by atoms with Crippen LogP contribution in [0.2, 0.25) is 0 Å². The lowest BCUT2D eigenvalue weighted by molar-refractivity contribution is -0.153. The highest BCUT2D eigenvalue weighted by molar-refractivity contribution is 5.98. The number of esters is 1. The van der Waals surface area contributed by atoms with Gasteiger partial charge in [-0.15, -0.1) is 0 Å². The topological polar surface area (TPSA) is 50.2 Å². The Kier molecular flexibility index (Phi) is 4.44. The third-order valence-electron chi connectivity index (χ3n) is 2.04. The Labute approximate surface area is 102 Å². The van der Waals surface area contributed by atoms with Crippen LogP contribution in [-0.2, 0) is 16.0 Å². The molecule has 0 aliphatic carbocycles. The van der Waals surface area contributed by atoms with E-state index in [1.165, 1.54) is 0 Å². The van der Waals surface area contributed by atoms with E-state index in [9.17, 15) is 4.79 Å². The summed E-state index contributed by atoms with van der Waals surface area (Å²) in [6, 6.07) is 9.68. The average Bonchev–Trinajstić information content (AvgIpc) is 2.15. The molecule has 1 aromatic carbocycles. The monoisotopic (exact) mass is 233 g/mol. The molecule has 0 aliphatic heterocycles. The molecular weight excluding hydrogens is 214 g/mol. The van der Waals surface area contributed by atoms with Crippen LogP contribution in [0.1, 0.15) is 32.8 Å². The van der Waals surface area contributed by atoms with Crippen molar-refractivity contribution in [3.8, 4) is 0 Å². The van der Waals surface area contributed by atoms with E-state index < -0.39 is 5.60 Å². The fraction of sp³-hybridized carbons (Fsp3) is 0.429. The van der Waals surface area contributed by atoms with Crippen LogP contribution in [0.5, 0.6) is 0 Å². The SMILES string of the molecule is CC(C)(C)OC(=O)CC(=N)Cc1ccccc1. The number of carbonyl (C=O) groups excluding carboxylic acids is 1. The quantitative estimate of drug-likeness (QED) is 0.642. The summed E-state index contributed by atoms with van der Waals surface area (Å²) in [5.74, 6) is -0.335. The third kappa shape index (κ3) is 5.85. The van der Waals surface area contributed by atoms with Crippen molar-refractivity contribution in [2.45, 2.75) is 39.2 Å². The van der Waals surface area contributed by atoms with Crippen LogP contribution in [0.3, 0.4) is 0 Å². The number of ether oxygens (including phenoxy) is 1. The van der Waals surface area contributed by atoms with Crippen LogP contribution in [0.4, 0.5) is 0 Å². The molecule has 1 aromatic rings. The number of carbonyl (C=O) groups is 1. The van der Waals surface area contributed by atoms with Gasteiger partial charge in [0.05, 0.1) is 6.42 Å². The van der Waals surface area contributed by atoms with Crippen molar-refractivity contribution in [3.63, 3.8) is 0 Å². The minimum Gasteiger partial charge on any atom is -0.460 e. The molecular formula is C14H19NO2. The van der Waals surface area contributed by atoms with Gasteiger partial charge in [0.1, 0.15) is 5.60 Å². The summed E-state index contributed by atoms with van der Waals surface area (Å²) >= 11 is 0. The Bertz CT molecular complexity index is 390. The van der Waals surface area contributed by atoms with Gasteiger partial charge in [0.25, 0.3) is 0 Å². The van der Waals surface area contributed by atoms with Crippen LogP contribution in [0.15, 0.2) is 30.3 Å². The van der Waals surface area contributed by atoms with E-state index in [4.69, 9.17) is 10.1 Å². The zero-order valence-electron chi connectivity index (χ0n) is 10.6. The van der Waals surface area contributed by atoms with Gasteiger partial charge in [-0.05, 0) is 26.3 Å². The van der Waals surface area contributed by atoms with Crippen molar-refractivity contribution in [1.82, 2.24) is 0 Å². The van der Waals surface area contributed by atoms with Gasteiger partial charge in [-0.1, -0.05) is 30.3 Å². The van der Waals surface area contributed by atoms with E-state index in [0.29, 0.717) is 12.1 Å². The van der Waals surface area contributed by atoms with Crippen molar-refractivity contribution in [2.75, 3.05) is 0 Å². The fourth-order valence-corrected chi connectivity index (χ4v) is 1.46. The minimum atomic E-state index is -0.482. The van der Waals surface area contributed by atoms with E-state index in [1.807, 2.05) is 51.1 Å². The molecule has 0 unspecified atom stereocenters. The van der Waals surface area contributed by atoms with Crippen molar-refractivity contribution in [1.29, 1.82) is 5.41 Å². The molecule has 92 valence electrons. The second kappa shape index (κ2) is 5.62. The maximum Gasteiger partial charge on any atom is 0.312 e. The largest absolute Gasteiger partial charge is 0.460 e. The standard InChI is InChI=1S/C14H19NO2/c1-14(2,3)17-13(16)10-12(15)9-11-7-5-4-6-8-11/h4-8,15H,9-10H2,1-3H3. The summed E-state index contributed by atoms with van der Waals surface area (Å²) in [7, 11) is 0. The summed E-state index contributed by atoms with van der Waals surface area (Å²) in [6.07, 6.45) is 0.562. The molecule has 3 heteroatoms. The normalized spacial score (nSPS) is 11.0. The zero-order valence-corrected chi connectivity index (χ0v) is 10.6. The first kappa shape index (κ1) is 13.4. The lowest BCUT2D eigenvalue weighted by Gasteiger charge is -2.19. The Morgan fingerprint density at radius 2 is 1.82 bits per heavy atom. The zero-order chi connectivity index (χ0) is 12.9. The van der Waals surface area contributed by atoms with E-state index in [2.05, 4.69) is 0 Å². The van der Waals surface area contributed by atoms with Gasteiger partial charge < -0.3 is 10.1 Å². The smallest absolute Gasteiger partial charge is 0.312 e. The third-order valence-corrected chi connectivity index (χ3v) is 2.04. The first-order valence-electron chi connectivity index (χ1n) is 5.69. The Morgan fingerprint density at radius 1 is 1.24 bits per heavy atom. The lowest BCUT2D eigenvalue weighted by atomic mass is 10.1. The van der Waals surface area contributed by atoms with Gasteiger partial charge in [-0.3, -0.25) is 4.79 Å². The van der Waals surface area contributed by atoms with Crippen molar-refractivity contribution in [2.24, 2.45) is 0 Å². The summed E-state index contributed by atoms with van der Waals surface area (Å²) in [5.41, 5.74) is 0.941. The van der Waals surface area contributed by atoms with Gasteiger partial charge in [-0.25, -0.2) is 0 Å². The van der Waals surface area contributed by atoms with Gasteiger partial charge >= 0.3 is 5.97 Å². The molecule has 0 atom stereocenters. The van der Waals surface area contributed by atoms with Crippen LogP contribution in [0.25, 0.3) is 0 Å². The molecule has 1 rings (SSSR count). The number of hydrogen-bond donors (Lipinski definition) is 1. The van der Waals surface area contributed by atoms with Crippen LogP contribution >= 0.6 is 0 Å². The van der Waals surface area contributed by atoms with Gasteiger partial charge in [0, 0.05) is 12.1 Å². The van der Waals surface area contributed by atoms with Gasteiger partial charge in [0.15, 0.2) is 0 Å². The molecule has 0 spiro atoms. The Morgan fingerprint density at radius 3 is 2.35 bits per heavy atom. The average molecular weight is 233 g/mol. The van der Waals surface area contributed by atoms with Crippen LogP contribution in [-0.4, -0.2) is 17.3 Å². The predicted octanol–water partition coefficient (Wildman–Crippen LogP) is 2.98. The van der Waals surface area contributed by atoms with E-state index in [0.717, 1.165) is 5.56 Å². The van der Waals surface area contributed by atoms with Crippen molar-refractivity contribution < 1.29 is 9.53 Å². The molecule has 0 amide bonds. The molecule has 1 N–H and O–H groups in total. The molecule has 0 aliphatic rings. The summed E-state index contributed by atoms with van der Waals surface area (Å²) < 4.78 is 5.17. The molecule has 17 heavy (non-hydrogen) atoms. The molecule has 0 aromatic heterocycles. The lowest BCUT2D eigenvalue weighted by Crippen LogP contribution is -2.25. The van der Waals surface area contributed by atoms with Crippen molar-refractivity contribution >= 4 is 11.7 Å².